The Kier molecular flexibility index (Phi) is 8.58. The van der Waals surface area contributed by atoms with Crippen molar-refractivity contribution in [1.82, 2.24) is 15.3 Å². The summed E-state index contributed by atoms with van der Waals surface area (Å²) in [4.78, 5) is 20.3. The molecule has 2 aromatic rings. The van der Waals surface area contributed by atoms with Crippen molar-refractivity contribution in [1.29, 1.82) is 0 Å². The molecule has 0 spiro atoms. The molecule has 0 aliphatic heterocycles. The lowest BCUT2D eigenvalue weighted by atomic mass is 10.2. The van der Waals surface area contributed by atoms with Gasteiger partial charge >= 0.3 is 6.18 Å². The first-order chi connectivity index (χ1) is 13.7. The number of halogens is 4. The lowest BCUT2D eigenvalue weighted by Crippen LogP contribution is -2.27. The maximum atomic E-state index is 12.7. The molecule has 10 heteroatoms. The first-order valence-electron chi connectivity index (χ1n) is 9.07. The van der Waals surface area contributed by atoms with Crippen LogP contribution in [0.5, 0.6) is 0 Å². The van der Waals surface area contributed by atoms with E-state index in [0.29, 0.717) is 11.9 Å². The van der Waals surface area contributed by atoms with E-state index in [0.717, 1.165) is 25.3 Å². The third-order valence-corrected chi connectivity index (χ3v) is 5.80. The molecule has 1 atom stereocenters. The van der Waals surface area contributed by atoms with Crippen molar-refractivity contribution in [3.05, 3.63) is 52.4 Å². The Labute approximate surface area is 174 Å². The van der Waals surface area contributed by atoms with Gasteiger partial charge in [0.15, 0.2) is 0 Å². The molecule has 1 unspecified atom stereocenters. The summed E-state index contributed by atoms with van der Waals surface area (Å²) in [6, 6.07) is 3.93. The van der Waals surface area contributed by atoms with Crippen LogP contribution < -0.4 is 5.32 Å². The summed E-state index contributed by atoms with van der Waals surface area (Å²) < 4.78 is 50.4. The van der Waals surface area contributed by atoms with Crippen molar-refractivity contribution < 1.29 is 22.2 Å². The second kappa shape index (κ2) is 10.7. The fourth-order valence-electron chi connectivity index (χ4n) is 2.52. The fraction of sp³-hybridized carbons (Fsp3) is 0.421. The summed E-state index contributed by atoms with van der Waals surface area (Å²) >= 11 is 5.87. The molecule has 0 aliphatic carbocycles. The highest BCUT2D eigenvalue weighted by Crippen LogP contribution is 2.31. The molecule has 0 aliphatic rings. The van der Waals surface area contributed by atoms with Crippen LogP contribution in [0, 0.1) is 0 Å². The maximum absolute atomic E-state index is 12.7. The molecule has 0 saturated carbocycles. The van der Waals surface area contributed by atoms with Crippen LogP contribution in [0.3, 0.4) is 0 Å². The summed E-state index contributed by atoms with van der Waals surface area (Å²) in [5.41, 5.74) is -0.468. The van der Waals surface area contributed by atoms with Gasteiger partial charge in [-0.3, -0.25) is 14.0 Å². The first-order valence-corrected chi connectivity index (χ1v) is 10.8. The Morgan fingerprint density at radius 2 is 2.03 bits per heavy atom. The summed E-state index contributed by atoms with van der Waals surface area (Å²) in [7, 11) is -1.39. The van der Waals surface area contributed by atoms with Crippen LogP contribution in [0.15, 0.2) is 35.6 Å². The molecule has 0 radical (unpaired) electrons. The number of carbonyl (C=O) groups excluding carboxylic acids is 1. The molecule has 2 aromatic heterocycles. The van der Waals surface area contributed by atoms with E-state index in [4.69, 9.17) is 11.6 Å². The SMILES string of the molecule is CCCCCS(=O)c1ncccc1C(=O)NCCc1ncc(C(F)(F)F)cc1Cl. The van der Waals surface area contributed by atoms with Gasteiger partial charge in [-0.25, -0.2) is 4.98 Å². The van der Waals surface area contributed by atoms with Gasteiger partial charge in [0.05, 0.1) is 32.6 Å². The zero-order chi connectivity index (χ0) is 21.4. The Bertz CT molecular complexity index is 878. The number of pyridine rings is 2. The third kappa shape index (κ3) is 6.78. The van der Waals surface area contributed by atoms with Gasteiger partial charge in [0, 0.05) is 31.1 Å². The highest BCUT2D eigenvalue weighted by atomic mass is 35.5. The monoisotopic (exact) mass is 447 g/mol. The van der Waals surface area contributed by atoms with Crippen molar-refractivity contribution in [2.24, 2.45) is 0 Å². The Hall–Kier alpha value is -2.00. The predicted octanol–water partition coefficient (Wildman–Crippen LogP) is 4.42. The number of nitrogens with zero attached hydrogens (tertiary/aromatic N) is 2. The van der Waals surface area contributed by atoms with Gasteiger partial charge in [-0.15, -0.1) is 0 Å². The number of carbonyl (C=O) groups is 1. The Morgan fingerprint density at radius 3 is 2.69 bits per heavy atom. The Balaban J connectivity index is 1.99. The normalized spacial score (nSPS) is 12.6. The standard InChI is InChI=1S/C19H21ClF3N3O2S/c1-2-3-4-10-29(28)18-14(6-5-8-25-18)17(27)24-9-7-16-15(20)11-13(12-26-16)19(21,22)23/h5-6,8,11-12H,2-4,7,9-10H2,1H3,(H,24,27). The van der Waals surface area contributed by atoms with E-state index in [-0.39, 0.29) is 34.3 Å². The van der Waals surface area contributed by atoms with E-state index in [9.17, 15) is 22.2 Å². The second-order valence-electron chi connectivity index (χ2n) is 6.27. The van der Waals surface area contributed by atoms with Gasteiger partial charge in [-0.05, 0) is 24.6 Å². The molecule has 0 saturated heterocycles. The number of aromatic nitrogens is 2. The molecule has 2 heterocycles. The Morgan fingerprint density at radius 1 is 1.28 bits per heavy atom. The summed E-state index contributed by atoms with van der Waals surface area (Å²) in [5.74, 6) is -0.0316. The number of hydrogen-bond donors (Lipinski definition) is 1. The summed E-state index contributed by atoms with van der Waals surface area (Å²) in [5, 5.41) is 2.76. The van der Waals surface area contributed by atoms with Crippen LogP contribution in [-0.2, 0) is 23.4 Å². The zero-order valence-electron chi connectivity index (χ0n) is 15.8. The lowest BCUT2D eigenvalue weighted by molar-refractivity contribution is -0.137. The molecule has 2 rings (SSSR count). The van der Waals surface area contributed by atoms with Gasteiger partial charge < -0.3 is 5.32 Å². The molecule has 158 valence electrons. The molecule has 0 fully saturated rings. The number of unbranched alkanes of at least 4 members (excludes halogenated alkanes) is 2. The van der Waals surface area contributed by atoms with Gasteiger partial charge in [-0.1, -0.05) is 31.4 Å². The first kappa shape index (κ1) is 23.3. The molecule has 1 N–H and O–H groups in total. The minimum atomic E-state index is -4.52. The van der Waals surface area contributed by atoms with E-state index >= 15 is 0 Å². The van der Waals surface area contributed by atoms with Gasteiger partial charge in [0.1, 0.15) is 5.03 Å². The average Bonchev–Trinajstić information content (AvgIpc) is 2.68. The van der Waals surface area contributed by atoms with Crippen LogP contribution in [0.4, 0.5) is 13.2 Å². The minimum Gasteiger partial charge on any atom is -0.352 e. The van der Waals surface area contributed by atoms with Gasteiger partial charge in [-0.2, -0.15) is 13.2 Å². The van der Waals surface area contributed by atoms with Gasteiger partial charge in [0.2, 0.25) is 0 Å². The molecule has 5 nitrogen and oxygen atoms in total. The van der Waals surface area contributed by atoms with Crippen molar-refractivity contribution in [2.45, 2.75) is 43.8 Å². The van der Waals surface area contributed by atoms with Crippen molar-refractivity contribution >= 4 is 28.3 Å². The van der Waals surface area contributed by atoms with Crippen LogP contribution in [-0.4, -0.2) is 32.4 Å². The molecule has 29 heavy (non-hydrogen) atoms. The molecule has 0 bridgehead atoms. The van der Waals surface area contributed by atoms with Crippen LogP contribution in [0.1, 0.15) is 47.8 Å². The average molecular weight is 448 g/mol. The maximum Gasteiger partial charge on any atom is 0.417 e. The van der Waals surface area contributed by atoms with E-state index in [1.807, 2.05) is 6.92 Å². The van der Waals surface area contributed by atoms with Crippen LogP contribution >= 0.6 is 11.6 Å². The topological polar surface area (TPSA) is 72.0 Å². The summed E-state index contributed by atoms with van der Waals surface area (Å²) in [6.07, 6.45) is 0.537. The smallest absolute Gasteiger partial charge is 0.352 e. The molecular weight excluding hydrogens is 427 g/mol. The van der Waals surface area contributed by atoms with Crippen molar-refractivity contribution in [3.63, 3.8) is 0 Å². The number of alkyl halides is 3. The van der Waals surface area contributed by atoms with Crippen LogP contribution in [0.25, 0.3) is 0 Å². The van der Waals surface area contributed by atoms with Crippen LogP contribution in [0.2, 0.25) is 5.02 Å². The second-order valence-corrected chi connectivity index (χ2v) is 8.16. The van der Waals surface area contributed by atoms with Crippen molar-refractivity contribution in [3.8, 4) is 0 Å². The summed E-state index contributed by atoms with van der Waals surface area (Å²) in [6.45, 7) is 2.15. The van der Waals surface area contributed by atoms with E-state index < -0.39 is 28.4 Å². The highest BCUT2D eigenvalue weighted by Gasteiger charge is 2.31. The minimum absolute atomic E-state index is 0.105. The number of rotatable bonds is 9. The lowest BCUT2D eigenvalue weighted by Gasteiger charge is -2.11. The molecular formula is C19H21ClF3N3O2S. The number of amides is 1. The fourth-order valence-corrected chi connectivity index (χ4v) is 4.02. The van der Waals surface area contributed by atoms with E-state index in [2.05, 4.69) is 15.3 Å². The number of hydrogen-bond acceptors (Lipinski definition) is 4. The largest absolute Gasteiger partial charge is 0.417 e. The van der Waals surface area contributed by atoms with E-state index in [1.54, 1.807) is 12.1 Å². The third-order valence-electron chi connectivity index (χ3n) is 4.06. The highest BCUT2D eigenvalue weighted by molar-refractivity contribution is 7.85. The predicted molar refractivity (Wildman–Crippen MR) is 105 cm³/mol. The van der Waals surface area contributed by atoms with Crippen molar-refractivity contribution in [2.75, 3.05) is 12.3 Å². The van der Waals surface area contributed by atoms with E-state index in [1.165, 1.54) is 6.20 Å². The quantitative estimate of drug-likeness (QED) is 0.577. The molecule has 1 amide bonds. The molecule has 0 aromatic carbocycles. The zero-order valence-corrected chi connectivity index (χ0v) is 17.3. The number of nitrogens with one attached hydrogen (secondary N) is 1. The van der Waals surface area contributed by atoms with Gasteiger partial charge in [0.25, 0.3) is 5.91 Å².